The van der Waals surface area contributed by atoms with E-state index in [9.17, 15) is 0 Å². The Morgan fingerprint density at radius 1 is 1.05 bits per heavy atom. The van der Waals surface area contributed by atoms with Crippen LogP contribution in [-0.4, -0.2) is 12.1 Å². The Labute approximate surface area is 126 Å². The standard InChI is InChI=1S/C16H27BrN2/c1-12(2)9-16(11-18,10-13(3)4)19-15-7-5-14(17)6-8-15/h5-8,12-13,19H,9-11,18H2,1-4H3. The highest BCUT2D eigenvalue weighted by atomic mass is 79.9. The lowest BCUT2D eigenvalue weighted by molar-refractivity contribution is 0.317. The number of nitrogens with one attached hydrogen (secondary N) is 1. The first kappa shape index (κ1) is 16.5. The number of hydrogen-bond donors (Lipinski definition) is 2. The molecule has 0 aliphatic rings. The molecule has 19 heavy (non-hydrogen) atoms. The first-order valence-electron chi connectivity index (χ1n) is 7.11. The predicted octanol–water partition coefficient (Wildman–Crippen LogP) is 4.65. The summed E-state index contributed by atoms with van der Waals surface area (Å²) in [5, 5.41) is 3.69. The van der Waals surface area contributed by atoms with Gasteiger partial charge in [-0.3, -0.25) is 0 Å². The SMILES string of the molecule is CC(C)CC(CN)(CC(C)C)Nc1ccc(Br)cc1. The van der Waals surface area contributed by atoms with Crippen molar-refractivity contribution in [2.75, 3.05) is 11.9 Å². The molecular formula is C16H27BrN2. The van der Waals surface area contributed by atoms with Gasteiger partial charge in [0, 0.05) is 16.7 Å². The molecule has 2 nitrogen and oxygen atoms in total. The van der Waals surface area contributed by atoms with Crippen molar-refractivity contribution in [2.45, 2.75) is 46.1 Å². The van der Waals surface area contributed by atoms with Gasteiger partial charge in [-0.05, 0) is 48.9 Å². The number of benzene rings is 1. The van der Waals surface area contributed by atoms with Gasteiger partial charge in [-0.15, -0.1) is 0 Å². The van der Waals surface area contributed by atoms with Gasteiger partial charge >= 0.3 is 0 Å². The Kier molecular flexibility index (Phi) is 6.34. The quantitative estimate of drug-likeness (QED) is 0.765. The van der Waals surface area contributed by atoms with Crippen molar-refractivity contribution in [3.8, 4) is 0 Å². The monoisotopic (exact) mass is 326 g/mol. The van der Waals surface area contributed by atoms with Gasteiger partial charge in [0.2, 0.25) is 0 Å². The van der Waals surface area contributed by atoms with Crippen LogP contribution in [-0.2, 0) is 0 Å². The zero-order valence-electron chi connectivity index (χ0n) is 12.5. The summed E-state index contributed by atoms with van der Waals surface area (Å²) in [4.78, 5) is 0. The van der Waals surface area contributed by atoms with E-state index < -0.39 is 0 Å². The van der Waals surface area contributed by atoms with Crippen LogP contribution < -0.4 is 11.1 Å². The molecule has 3 heteroatoms. The number of anilines is 1. The fourth-order valence-corrected chi connectivity index (χ4v) is 3.07. The van der Waals surface area contributed by atoms with E-state index in [1.165, 1.54) is 0 Å². The van der Waals surface area contributed by atoms with Crippen molar-refractivity contribution in [3.05, 3.63) is 28.7 Å². The van der Waals surface area contributed by atoms with Crippen LogP contribution >= 0.6 is 15.9 Å². The number of rotatable bonds is 7. The Morgan fingerprint density at radius 2 is 1.53 bits per heavy atom. The second kappa shape index (κ2) is 7.30. The summed E-state index contributed by atoms with van der Waals surface area (Å²) in [7, 11) is 0. The molecule has 1 aromatic rings. The molecule has 0 unspecified atom stereocenters. The second-order valence-corrected chi connectivity index (χ2v) is 7.23. The first-order chi connectivity index (χ1) is 8.87. The van der Waals surface area contributed by atoms with E-state index in [1.54, 1.807) is 0 Å². The smallest absolute Gasteiger partial charge is 0.0500 e. The average Bonchev–Trinajstić information content (AvgIpc) is 2.30. The minimum absolute atomic E-state index is 0.00381. The lowest BCUT2D eigenvalue weighted by Gasteiger charge is -2.38. The highest BCUT2D eigenvalue weighted by molar-refractivity contribution is 9.10. The van der Waals surface area contributed by atoms with E-state index in [0.29, 0.717) is 18.4 Å². The Bertz CT molecular complexity index is 361. The van der Waals surface area contributed by atoms with Gasteiger partial charge < -0.3 is 11.1 Å². The van der Waals surface area contributed by atoms with E-state index in [0.717, 1.165) is 23.0 Å². The number of halogens is 1. The van der Waals surface area contributed by atoms with Gasteiger partial charge in [-0.25, -0.2) is 0 Å². The summed E-state index contributed by atoms with van der Waals surface area (Å²) in [5.74, 6) is 1.26. The van der Waals surface area contributed by atoms with Crippen LogP contribution in [0.2, 0.25) is 0 Å². The lowest BCUT2D eigenvalue weighted by atomic mass is 9.81. The van der Waals surface area contributed by atoms with Crippen LogP contribution in [0.15, 0.2) is 28.7 Å². The zero-order valence-corrected chi connectivity index (χ0v) is 14.1. The topological polar surface area (TPSA) is 38.0 Å². The van der Waals surface area contributed by atoms with Crippen LogP contribution in [0.3, 0.4) is 0 Å². The van der Waals surface area contributed by atoms with Gasteiger partial charge in [0.15, 0.2) is 0 Å². The van der Waals surface area contributed by atoms with E-state index >= 15 is 0 Å². The van der Waals surface area contributed by atoms with Gasteiger partial charge in [0.05, 0.1) is 5.54 Å². The second-order valence-electron chi connectivity index (χ2n) is 6.31. The number of nitrogens with two attached hydrogens (primary N) is 1. The summed E-state index contributed by atoms with van der Waals surface area (Å²) in [6.45, 7) is 9.70. The molecule has 0 fully saturated rings. The molecule has 0 amide bonds. The minimum atomic E-state index is -0.00381. The molecule has 108 valence electrons. The normalized spacial score (nSPS) is 12.2. The summed E-state index contributed by atoms with van der Waals surface area (Å²) in [6, 6.07) is 8.34. The average molecular weight is 327 g/mol. The molecule has 0 aliphatic heterocycles. The van der Waals surface area contributed by atoms with Crippen LogP contribution in [0.4, 0.5) is 5.69 Å². The third kappa shape index (κ3) is 5.53. The molecule has 1 aromatic carbocycles. The zero-order chi connectivity index (χ0) is 14.5. The third-order valence-corrected chi connectivity index (χ3v) is 3.77. The molecule has 0 saturated carbocycles. The first-order valence-corrected chi connectivity index (χ1v) is 7.90. The molecule has 0 spiro atoms. The molecule has 0 saturated heterocycles. The van der Waals surface area contributed by atoms with Crippen molar-refractivity contribution < 1.29 is 0 Å². The lowest BCUT2D eigenvalue weighted by Crippen LogP contribution is -2.47. The van der Waals surface area contributed by atoms with Gasteiger partial charge in [-0.1, -0.05) is 43.6 Å². The van der Waals surface area contributed by atoms with Crippen LogP contribution in [0.5, 0.6) is 0 Å². The van der Waals surface area contributed by atoms with Gasteiger partial charge in [0.1, 0.15) is 0 Å². The summed E-state index contributed by atoms with van der Waals surface area (Å²) >= 11 is 3.47. The van der Waals surface area contributed by atoms with Gasteiger partial charge in [0.25, 0.3) is 0 Å². The van der Waals surface area contributed by atoms with Crippen molar-refractivity contribution in [1.82, 2.24) is 0 Å². The van der Waals surface area contributed by atoms with Crippen molar-refractivity contribution >= 4 is 21.6 Å². The molecule has 0 heterocycles. The molecule has 0 radical (unpaired) electrons. The van der Waals surface area contributed by atoms with E-state index in [4.69, 9.17) is 5.73 Å². The summed E-state index contributed by atoms with van der Waals surface area (Å²) in [5.41, 5.74) is 7.25. The summed E-state index contributed by atoms with van der Waals surface area (Å²) < 4.78 is 1.10. The molecule has 0 bridgehead atoms. The van der Waals surface area contributed by atoms with Crippen LogP contribution in [0, 0.1) is 11.8 Å². The largest absolute Gasteiger partial charge is 0.378 e. The fourth-order valence-electron chi connectivity index (χ4n) is 2.81. The summed E-state index contributed by atoms with van der Waals surface area (Å²) in [6.07, 6.45) is 2.19. The van der Waals surface area contributed by atoms with Crippen molar-refractivity contribution in [2.24, 2.45) is 17.6 Å². The Balaban J connectivity index is 2.91. The fraction of sp³-hybridized carbons (Fsp3) is 0.625. The minimum Gasteiger partial charge on any atom is -0.378 e. The molecule has 0 aliphatic carbocycles. The highest BCUT2D eigenvalue weighted by Crippen LogP contribution is 2.29. The highest BCUT2D eigenvalue weighted by Gasteiger charge is 2.30. The molecule has 3 N–H and O–H groups in total. The van der Waals surface area contributed by atoms with Gasteiger partial charge in [-0.2, -0.15) is 0 Å². The Morgan fingerprint density at radius 3 is 1.89 bits per heavy atom. The third-order valence-electron chi connectivity index (χ3n) is 3.24. The van der Waals surface area contributed by atoms with Crippen molar-refractivity contribution in [1.29, 1.82) is 0 Å². The molecular weight excluding hydrogens is 300 g/mol. The van der Waals surface area contributed by atoms with E-state index in [2.05, 4.69) is 73.2 Å². The molecule has 1 rings (SSSR count). The maximum atomic E-state index is 6.11. The Hall–Kier alpha value is -0.540. The molecule has 0 atom stereocenters. The maximum absolute atomic E-state index is 6.11. The van der Waals surface area contributed by atoms with E-state index in [-0.39, 0.29) is 5.54 Å². The predicted molar refractivity (Wildman–Crippen MR) is 88.5 cm³/mol. The maximum Gasteiger partial charge on any atom is 0.0500 e. The van der Waals surface area contributed by atoms with Crippen LogP contribution in [0.25, 0.3) is 0 Å². The van der Waals surface area contributed by atoms with E-state index in [1.807, 2.05) is 0 Å². The van der Waals surface area contributed by atoms with Crippen LogP contribution in [0.1, 0.15) is 40.5 Å². The van der Waals surface area contributed by atoms with Crippen molar-refractivity contribution in [3.63, 3.8) is 0 Å². The number of hydrogen-bond acceptors (Lipinski definition) is 2. The molecule has 0 aromatic heterocycles.